The molecule has 1 atom stereocenters. The number of rotatable bonds is 43. The van der Waals surface area contributed by atoms with Gasteiger partial charge in [0.2, 0.25) is 0 Å². The van der Waals surface area contributed by atoms with Gasteiger partial charge < -0.3 is 14.2 Å². The first-order valence-corrected chi connectivity index (χ1v) is 23.9. The summed E-state index contributed by atoms with van der Waals surface area (Å²) in [7, 11) is 0. The molecule has 0 aromatic heterocycles. The third-order valence-electron chi connectivity index (χ3n) is 10.8. The van der Waals surface area contributed by atoms with Crippen LogP contribution in [-0.4, -0.2) is 37.2 Å². The maximum atomic E-state index is 12.7. The molecule has 0 aromatic rings. The van der Waals surface area contributed by atoms with Crippen LogP contribution in [0.25, 0.3) is 0 Å². The lowest BCUT2D eigenvalue weighted by atomic mass is 10.0. The molecule has 0 spiro atoms. The van der Waals surface area contributed by atoms with Crippen LogP contribution in [0.15, 0.2) is 0 Å². The number of esters is 3. The molecule has 0 N–H and O–H groups in total. The van der Waals surface area contributed by atoms with Crippen molar-refractivity contribution in [1.82, 2.24) is 0 Å². The second-order valence-electron chi connectivity index (χ2n) is 16.9. The van der Waals surface area contributed by atoms with Gasteiger partial charge in [0, 0.05) is 19.3 Å². The van der Waals surface area contributed by atoms with E-state index in [0.717, 1.165) is 63.7 Å². The summed E-state index contributed by atoms with van der Waals surface area (Å²) in [6.45, 7) is 8.97. The molecule has 6 nitrogen and oxygen atoms in total. The Morgan fingerprint density at radius 3 is 0.907 bits per heavy atom. The van der Waals surface area contributed by atoms with E-state index in [2.05, 4.69) is 27.7 Å². The maximum Gasteiger partial charge on any atom is 0.306 e. The fourth-order valence-corrected chi connectivity index (χ4v) is 7.16. The van der Waals surface area contributed by atoms with Crippen LogP contribution in [-0.2, 0) is 28.6 Å². The van der Waals surface area contributed by atoms with E-state index in [4.69, 9.17) is 14.2 Å². The van der Waals surface area contributed by atoms with Crippen LogP contribution in [0.3, 0.4) is 0 Å². The minimum atomic E-state index is -0.758. The van der Waals surface area contributed by atoms with Gasteiger partial charge in [0.1, 0.15) is 13.2 Å². The summed E-state index contributed by atoms with van der Waals surface area (Å²) >= 11 is 0. The van der Waals surface area contributed by atoms with E-state index in [-0.39, 0.29) is 31.1 Å². The fourth-order valence-electron chi connectivity index (χ4n) is 7.16. The predicted molar refractivity (Wildman–Crippen MR) is 229 cm³/mol. The van der Waals surface area contributed by atoms with Crippen molar-refractivity contribution in [2.75, 3.05) is 13.2 Å². The topological polar surface area (TPSA) is 78.9 Å². The highest BCUT2D eigenvalue weighted by molar-refractivity contribution is 5.71. The average Bonchev–Trinajstić information content (AvgIpc) is 3.15. The molecular weight excluding hydrogens is 673 g/mol. The highest BCUT2D eigenvalue weighted by atomic mass is 16.6. The number of hydrogen-bond acceptors (Lipinski definition) is 6. The molecule has 0 amide bonds. The molecule has 0 fully saturated rings. The first-order chi connectivity index (χ1) is 26.4. The molecule has 0 bridgehead atoms. The molecule has 0 aliphatic rings. The Labute approximate surface area is 336 Å². The Morgan fingerprint density at radius 2 is 0.611 bits per heavy atom. The Morgan fingerprint density at radius 1 is 0.352 bits per heavy atom. The molecule has 0 unspecified atom stereocenters. The number of carbonyl (C=O) groups excluding carboxylic acids is 3. The summed E-state index contributed by atoms with van der Waals surface area (Å²) in [5.41, 5.74) is 0. The van der Waals surface area contributed by atoms with Gasteiger partial charge in [-0.15, -0.1) is 0 Å². The van der Waals surface area contributed by atoms with Gasteiger partial charge >= 0.3 is 17.9 Å². The maximum absolute atomic E-state index is 12.7. The van der Waals surface area contributed by atoms with Gasteiger partial charge in [-0.3, -0.25) is 14.4 Å². The van der Waals surface area contributed by atoms with Crippen molar-refractivity contribution in [3.05, 3.63) is 0 Å². The van der Waals surface area contributed by atoms with E-state index in [1.807, 2.05) is 0 Å². The average molecular weight is 765 g/mol. The van der Waals surface area contributed by atoms with E-state index in [1.54, 1.807) is 0 Å². The summed E-state index contributed by atoms with van der Waals surface area (Å²) in [5, 5.41) is 0. The van der Waals surface area contributed by atoms with Gasteiger partial charge in [-0.05, 0) is 25.2 Å². The molecule has 0 rings (SSSR count). The van der Waals surface area contributed by atoms with Crippen LogP contribution in [0.5, 0.6) is 0 Å². The molecule has 54 heavy (non-hydrogen) atoms. The second-order valence-corrected chi connectivity index (χ2v) is 16.9. The Kier molecular flexibility index (Phi) is 41.3. The highest BCUT2D eigenvalue weighted by Crippen LogP contribution is 2.16. The van der Waals surface area contributed by atoms with Gasteiger partial charge in [0.05, 0.1) is 0 Å². The van der Waals surface area contributed by atoms with Gasteiger partial charge in [-0.1, -0.05) is 227 Å². The second kappa shape index (κ2) is 42.6. The molecular formula is C48H92O6. The number of unbranched alkanes of at least 4 members (excludes halogenated alkanes) is 30. The standard InChI is InChI=1S/C48H92O6/c1-5-7-9-11-13-14-15-16-17-18-21-24-28-32-36-40-47(50)53-43-45(42-52-46(49)39-35-31-26-12-10-8-6-2)54-48(51)41-37-33-29-25-22-19-20-23-27-30-34-38-44(3)4/h44-45H,5-43H2,1-4H3/t45-/m0/s1. The first kappa shape index (κ1) is 52.4. The summed E-state index contributed by atoms with van der Waals surface area (Å²) in [6.07, 6.45) is 42.4. The van der Waals surface area contributed by atoms with E-state index < -0.39 is 6.10 Å². The molecule has 0 aliphatic carbocycles. The summed E-state index contributed by atoms with van der Waals surface area (Å²) in [4.78, 5) is 37.7. The van der Waals surface area contributed by atoms with Crippen LogP contribution >= 0.6 is 0 Å². The van der Waals surface area contributed by atoms with Crippen molar-refractivity contribution in [1.29, 1.82) is 0 Å². The molecule has 0 radical (unpaired) electrons. The minimum Gasteiger partial charge on any atom is -0.462 e. The summed E-state index contributed by atoms with van der Waals surface area (Å²) < 4.78 is 16.7. The molecule has 320 valence electrons. The van der Waals surface area contributed by atoms with E-state index in [1.165, 1.54) is 161 Å². The van der Waals surface area contributed by atoms with Crippen LogP contribution in [0.1, 0.15) is 265 Å². The lowest BCUT2D eigenvalue weighted by molar-refractivity contribution is -0.167. The van der Waals surface area contributed by atoms with Crippen molar-refractivity contribution in [2.24, 2.45) is 5.92 Å². The monoisotopic (exact) mass is 765 g/mol. The van der Waals surface area contributed by atoms with Crippen LogP contribution < -0.4 is 0 Å². The zero-order valence-corrected chi connectivity index (χ0v) is 36.7. The molecule has 0 aliphatic heterocycles. The van der Waals surface area contributed by atoms with Crippen LogP contribution in [0.2, 0.25) is 0 Å². The summed E-state index contributed by atoms with van der Waals surface area (Å²) in [5.74, 6) is -0.0319. The van der Waals surface area contributed by atoms with Gasteiger partial charge in [-0.2, -0.15) is 0 Å². The zero-order chi connectivity index (χ0) is 39.6. The van der Waals surface area contributed by atoms with Crippen molar-refractivity contribution < 1.29 is 28.6 Å². The van der Waals surface area contributed by atoms with Crippen molar-refractivity contribution in [2.45, 2.75) is 271 Å². The van der Waals surface area contributed by atoms with Crippen LogP contribution in [0, 0.1) is 5.92 Å². The molecule has 0 saturated heterocycles. The number of carbonyl (C=O) groups is 3. The van der Waals surface area contributed by atoms with Crippen molar-refractivity contribution in [3.63, 3.8) is 0 Å². The Hall–Kier alpha value is -1.59. The summed E-state index contributed by atoms with van der Waals surface area (Å²) in [6, 6.07) is 0. The Balaban J connectivity index is 4.24. The van der Waals surface area contributed by atoms with E-state index in [0.29, 0.717) is 19.3 Å². The quantitative estimate of drug-likeness (QED) is 0.0349. The fraction of sp³-hybridized carbons (Fsp3) is 0.938. The molecule has 0 aromatic carbocycles. The van der Waals surface area contributed by atoms with Gasteiger partial charge in [0.25, 0.3) is 0 Å². The van der Waals surface area contributed by atoms with Gasteiger partial charge in [0.15, 0.2) is 6.10 Å². The lowest BCUT2D eigenvalue weighted by Crippen LogP contribution is -2.30. The van der Waals surface area contributed by atoms with E-state index in [9.17, 15) is 14.4 Å². The number of ether oxygens (including phenoxy) is 3. The molecule has 0 heterocycles. The highest BCUT2D eigenvalue weighted by Gasteiger charge is 2.19. The third kappa shape index (κ3) is 41.6. The normalized spacial score (nSPS) is 11.9. The third-order valence-corrected chi connectivity index (χ3v) is 10.8. The minimum absolute atomic E-state index is 0.0637. The lowest BCUT2D eigenvalue weighted by Gasteiger charge is -2.18. The molecule has 0 saturated carbocycles. The predicted octanol–water partition coefficient (Wildman–Crippen LogP) is 15.1. The number of hydrogen-bond donors (Lipinski definition) is 0. The largest absolute Gasteiger partial charge is 0.462 e. The first-order valence-electron chi connectivity index (χ1n) is 23.9. The SMILES string of the molecule is CCCCCCCCCCCCCCCCCC(=O)OC[C@H](COC(=O)CCCCCCCCC)OC(=O)CCCCCCCCCCCCCC(C)C. The smallest absolute Gasteiger partial charge is 0.306 e. The van der Waals surface area contributed by atoms with Crippen molar-refractivity contribution in [3.8, 4) is 0 Å². The molecule has 6 heteroatoms. The van der Waals surface area contributed by atoms with Crippen LogP contribution in [0.4, 0.5) is 0 Å². The van der Waals surface area contributed by atoms with Crippen molar-refractivity contribution >= 4 is 17.9 Å². The zero-order valence-electron chi connectivity index (χ0n) is 36.7. The van der Waals surface area contributed by atoms with Gasteiger partial charge in [-0.25, -0.2) is 0 Å². The van der Waals surface area contributed by atoms with E-state index >= 15 is 0 Å². The Bertz CT molecular complexity index is 811.